The molecule has 0 atom stereocenters. The summed E-state index contributed by atoms with van der Waals surface area (Å²) in [6.45, 7) is 5.14. The fourth-order valence-electron chi connectivity index (χ4n) is 1.87. The Hall–Kier alpha value is -1.07. The third kappa shape index (κ3) is 3.15. The maximum atomic E-state index is 13.3. The molecule has 2 rings (SSSR count). The van der Waals surface area contributed by atoms with Crippen LogP contribution in [0.25, 0.3) is 0 Å². The van der Waals surface area contributed by atoms with Crippen LogP contribution in [-0.4, -0.2) is 9.78 Å². The van der Waals surface area contributed by atoms with Crippen LogP contribution in [0.4, 0.5) is 4.39 Å². The van der Waals surface area contributed by atoms with Crippen LogP contribution >= 0.6 is 27.5 Å². The Labute approximate surface area is 130 Å². The lowest BCUT2D eigenvalue weighted by molar-refractivity contribution is 0.290. The average Bonchev–Trinajstić information content (AvgIpc) is 2.76. The fraction of sp³-hybridized carbons (Fsp3) is 0.357. The van der Waals surface area contributed by atoms with Gasteiger partial charge in [0.25, 0.3) is 0 Å². The van der Waals surface area contributed by atoms with Gasteiger partial charge in [-0.3, -0.25) is 4.68 Å². The Morgan fingerprint density at radius 1 is 1.40 bits per heavy atom. The van der Waals surface area contributed by atoms with Crippen LogP contribution in [-0.2, 0) is 19.6 Å². The van der Waals surface area contributed by atoms with Crippen LogP contribution in [0.15, 0.2) is 22.7 Å². The number of nitrogens with zero attached hydrogens (tertiary/aromatic N) is 2. The van der Waals surface area contributed by atoms with E-state index in [-0.39, 0.29) is 5.02 Å². The van der Waals surface area contributed by atoms with E-state index in [4.69, 9.17) is 16.3 Å². The van der Waals surface area contributed by atoms with Crippen molar-refractivity contribution in [3.63, 3.8) is 0 Å². The number of hydrogen-bond donors (Lipinski definition) is 0. The van der Waals surface area contributed by atoms with Crippen molar-refractivity contribution in [2.45, 2.75) is 33.4 Å². The molecule has 0 saturated heterocycles. The summed E-state index contributed by atoms with van der Waals surface area (Å²) in [5.74, 6) is -0.0396. The second kappa shape index (κ2) is 6.59. The highest BCUT2D eigenvalue weighted by Gasteiger charge is 2.14. The highest BCUT2D eigenvalue weighted by molar-refractivity contribution is 9.10. The van der Waals surface area contributed by atoms with Crippen molar-refractivity contribution in [2.24, 2.45) is 0 Å². The van der Waals surface area contributed by atoms with Gasteiger partial charge in [0.15, 0.2) is 0 Å². The molecule has 108 valence electrons. The predicted octanol–water partition coefficient (Wildman–Crippen LogP) is 4.60. The molecule has 0 N–H and O–H groups in total. The Kier molecular flexibility index (Phi) is 5.05. The monoisotopic (exact) mass is 360 g/mol. The topological polar surface area (TPSA) is 27.1 Å². The number of hydrogen-bond acceptors (Lipinski definition) is 2. The lowest BCUT2D eigenvalue weighted by atomic mass is 10.3. The maximum Gasteiger partial charge on any atom is 0.145 e. The molecule has 0 unspecified atom stereocenters. The second-order valence-corrected chi connectivity index (χ2v) is 5.44. The van der Waals surface area contributed by atoms with Crippen molar-refractivity contribution in [3.05, 3.63) is 44.9 Å². The summed E-state index contributed by atoms with van der Waals surface area (Å²) in [5, 5.41) is 4.57. The van der Waals surface area contributed by atoms with Gasteiger partial charge in [0.2, 0.25) is 0 Å². The van der Waals surface area contributed by atoms with E-state index in [9.17, 15) is 4.39 Å². The maximum absolute atomic E-state index is 13.3. The first-order valence-electron chi connectivity index (χ1n) is 6.38. The molecular weight excluding hydrogens is 347 g/mol. The minimum Gasteiger partial charge on any atom is -0.487 e. The van der Waals surface area contributed by atoms with E-state index in [0.29, 0.717) is 12.4 Å². The van der Waals surface area contributed by atoms with E-state index < -0.39 is 5.82 Å². The van der Waals surface area contributed by atoms with E-state index in [0.717, 1.165) is 28.8 Å². The van der Waals surface area contributed by atoms with Crippen molar-refractivity contribution in [1.82, 2.24) is 9.78 Å². The fourth-order valence-corrected chi connectivity index (χ4v) is 2.67. The van der Waals surface area contributed by atoms with Gasteiger partial charge in [0, 0.05) is 12.6 Å². The Balaban J connectivity index is 2.17. The molecular formula is C14H15BrClFN2O. The SMILES string of the molecule is CCc1nn(CC)c(COc2ccc(Cl)c(F)c2)c1Br. The molecule has 0 bridgehead atoms. The van der Waals surface area contributed by atoms with Crippen LogP contribution in [0.2, 0.25) is 5.02 Å². The molecule has 20 heavy (non-hydrogen) atoms. The van der Waals surface area contributed by atoms with Crippen molar-refractivity contribution in [2.75, 3.05) is 0 Å². The van der Waals surface area contributed by atoms with Gasteiger partial charge in [-0.05, 0) is 41.4 Å². The van der Waals surface area contributed by atoms with E-state index in [1.54, 1.807) is 6.07 Å². The zero-order valence-corrected chi connectivity index (χ0v) is 13.6. The van der Waals surface area contributed by atoms with Gasteiger partial charge in [-0.25, -0.2) is 4.39 Å². The van der Waals surface area contributed by atoms with Gasteiger partial charge in [0.05, 0.1) is 20.9 Å². The smallest absolute Gasteiger partial charge is 0.145 e. The molecule has 1 aromatic carbocycles. The Morgan fingerprint density at radius 3 is 2.75 bits per heavy atom. The molecule has 0 radical (unpaired) electrons. The summed E-state index contributed by atoms with van der Waals surface area (Å²) in [7, 11) is 0. The van der Waals surface area contributed by atoms with Gasteiger partial charge in [-0.2, -0.15) is 5.10 Å². The van der Waals surface area contributed by atoms with Gasteiger partial charge in [0.1, 0.15) is 18.2 Å². The second-order valence-electron chi connectivity index (χ2n) is 4.24. The van der Waals surface area contributed by atoms with Gasteiger partial charge >= 0.3 is 0 Å². The Bertz CT molecular complexity index is 615. The average molecular weight is 362 g/mol. The lowest BCUT2D eigenvalue weighted by Crippen LogP contribution is -2.06. The van der Waals surface area contributed by atoms with Gasteiger partial charge in [-0.1, -0.05) is 18.5 Å². The van der Waals surface area contributed by atoms with E-state index >= 15 is 0 Å². The zero-order valence-electron chi connectivity index (χ0n) is 11.3. The molecule has 0 aliphatic carbocycles. The first-order valence-corrected chi connectivity index (χ1v) is 7.55. The Morgan fingerprint density at radius 2 is 2.15 bits per heavy atom. The van der Waals surface area contributed by atoms with E-state index in [2.05, 4.69) is 21.0 Å². The molecule has 0 saturated carbocycles. The standard InChI is InChI=1S/C14H15BrClFN2O/c1-3-12-14(15)13(19(4-2)18-12)8-20-9-5-6-10(16)11(17)7-9/h5-7H,3-4,8H2,1-2H3. The predicted molar refractivity (Wildman–Crippen MR) is 80.7 cm³/mol. The van der Waals surface area contributed by atoms with E-state index in [1.807, 2.05) is 18.5 Å². The summed E-state index contributed by atoms with van der Waals surface area (Å²) in [6, 6.07) is 4.41. The van der Waals surface area contributed by atoms with Gasteiger partial charge in [-0.15, -0.1) is 0 Å². The number of rotatable bonds is 5. The van der Waals surface area contributed by atoms with Crippen molar-refractivity contribution < 1.29 is 9.13 Å². The normalized spacial score (nSPS) is 10.8. The van der Waals surface area contributed by atoms with E-state index in [1.165, 1.54) is 12.1 Å². The first-order chi connectivity index (χ1) is 9.56. The van der Waals surface area contributed by atoms with Crippen LogP contribution in [0.1, 0.15) is 25.2 Å². The van der Waals surface area contributed by atoms with Crippen molar-refractivity contribution >= 4 is 27.5 Å². The molecule has 0 aliphatic rings. The summed E-state index contributed by atoms with van der Waals surface area (Å²) >= 11 is 9.18. The highest BCUT2D eigenvalue weighted by atomic mass is 79.9. The zero-order chi connectivity index (χ0) is 14.7. The molecule has 2 aromatic rings. The number of benzene rings is 1. The quantitative estimate of drug-likeness (QED) is 0.778. The molecule has 1 aromatic heterocycles. The number of ether oxygens (including phenoxy) is 1. The summed E-state index contributed by atoms with van der Waals surface area (Å²) in [4.78, 5) is 0. The number of aryl methyl sites for hydroxylation is 2. The van der Waals surface area contributed by atoms with Crippen molar-refractivity contribution in [3.8, 4) is 5.75 Å². The summed E-state index contributed by atoms with van der Waals surface area (Å²) < 4.78 is 21.8. The molecule has 0 aliphatic heterocycles. The molecule has 0 amide bonds. The largest absolute Gasteiger partial charge is 0.487 e. The molecule has 0 fully saturated rings. The minimum atomic E-state index is -0.485. The van der Waals surface area contributed by atoms with Crippen LogP contribution < -0.4 is 4.74 Å². The lowest BCUT2D eigenvalue weighted by Gasteiger charge is -2.09. The van der Waals surface area contributed by atoms with Crippen LogP contribution in [0.5, 0.6) is 5.75 Å². The summed E-state index contributed by atoms with van der Waals surface area (Å²) in [5.41, 5.74) is 1.94. The van der Waals surface area contributed by atoms with Gasteiger partial charge < -0.3 is 4.74 Å². The third-order valence-corrected chi connectivity index (χ3v) is 4.18. The molecule has 3 nitrogen and oxygen atoms in total. The molecule has 1 heterocycles. The summed E-state index contributed by atoms with van der Waals surface area (Å²) in [6.07, 6.45) is 0.843. The highest BCUT2D eigenvalue weighted by Crippen LogP contribution is 2.25. The third-order valence-electron chi connectivity index (χ3n) is 2.96. The van der Waals surface area contributed by atoms with Crippen LogP contribution in [0, 0.1) is 5.82 Å². The van der Waals surface area contributed by atoms with Crippen molar-refractivity contribution in [1.29, 1.82) is 0 Å². The van der Waals surface area contributed by atoms with Crippen LogP contribution in [0.3, 0.4) is 0 Å². The minimum absolute atomic E-state index is 0.0883. The molecule has 6 heteroatoms. The molecule has 0 spiro atoms. The number of halogens is 3. The first kappa shape index (κ1) is 15.3. The number of aromatic nitrogens is 2.